The number of H-pyrrole nitrogens is 1. The number of ketones is 1. The van der Waals surface area contributed by atoms with Gasteiger partial charge in [0.05, 0.1) is 12.3 Å². The summed E-state index contributed by atoms with van der Waals surface area (Å²) < 4.78 is 5.56. The Morgan fingerprint density at radius 3 is 3.11 bits per heavy atom. The summed E-state index contributed by atoms with van der Waals surface area (Å²) in [5.41, 5.74) is 4.16. The van der Waals surface area contributed by atoms with Crippen LogP contribution in [0.25, 0.3) is 0 Å². The lowest BCUT2D eigenvalue weighted by Gasteiger charge is -2.04. The van der Waals surface area contributed by atoms with Gasteiger partial charge in [0.25, 0.3) is 0 Å². The van der Waals surface area contributed by atoms with Gasteiger partial charge in [-0.15, -0.1) is 0 Å². The van der Waals surface area contributed by atoms with E-state index in [4.69, 9.17) is 4.65 Å². The van der Waals surface area contributed by atoms with E-state index in [1.807, 2.05) is 19.0 Å². The van der Waals surface area contributed by atoms with E-state index in [0.717, 1.165) is 5.56 Å². The van der Waals surface area contributed by atoms with E-state index in [0.29, 0.717) is 18.7 Å². The Bertz CT molecular complexity index is 577. The molecule has 2 heterocycles. The second kappa shape index (κ2) is 4.46. The van der Waals surface area contributed by atoms with Crippen molar-refractivity contribution in [1.29, 1.82) is 0 Å². The van der Waals surface area contributed by atoms with E-state index < -0.39 is 0 Å². The summed E-state index contributed by atoms with van der Waals surface area (Å²) in [6, 6.07) is 9.82. The summed E-state index contributed by atoms with van der Waals surface area (Å²) in [7, 11) is 0. The predicted octanol–water partition coefficient (Wildman–Crippen LogP) is 1.80. The second-order valence-electron chi connectivity index (χ2n) is 4.67. The van der Waals surface area contributed by atoms with Crippen molar-refractivity contribution in [1.82, 2.24) is 4.98 Å². The van der Waals surface area contributed by atoms with Crippen LogP contribution in [0.15, 0.2) is 36.5 Å². The average Bonchev–Trinajstić information content (AvgIpc) is 3.00. The molecule has 18 heavy (non-hydrogen) atoms. The number of benzene rings is 1. The predicted molar refractivity (Wildman–Crippen MR) is 71.3 cm³/mol. The zero-order valence-electron chi connectivity index (χ0n) is 10.3. The molecule has 3 nitrogen and oxygen atoms in total. The third-order valence-corrected chi connectivity index (χ3v) is 3.40. The third-order valence-electron chi connectivity index (χ3n) is 3.40. The van der Waals surface area contributed by atoms with Crippen molar-refractivity contribution in [2.75, 3.05) is 0 Å². The minimum Gasteiger partial charge on any atom is -0.427 e. The van der Waals surface area contributed by atoms with Crippen molar-refractivity contribution in [3.8, 4) is 0 Å². The minimum atomic E-state index is 0.117. The normalized spacial score (nSPS) is 13.7. The molecule has 0 saturated heterocycles. The molecule has 1 aromatic heterocycles. The molecule has 0 radical (unpaired) electrons. The monoisotopic (exact) mass is 239 g/mol. The molecule has 0 unspecified atom stereocenters. The molecule has 0 fully saturated rings. The molecule has 90 valence electrons. The molecule has 4 heteroatoms. The standard InChI is InChI=1S/C14H14BNO2/c1-15-12-7-10(4-5-11(12)9-18-15)8-14(17)13-3-2-6-16-13/h2-7,16H,8-9H2,1H3. The van der Waals surface area contributed by atoms with Crippen molar-refractivity contribution < 1.29 is 9.45 Å². The Morgan fingerprint density at radius 2 is 2.33 bits per heavy atom. The first-order valence-electron chi connectivity index (χ1n) is 6.14. The fourth-order valence-corrected chi connectivity index (χ4v) is 2.35. The third kappa shape index (κ3) is 2.00. The Balaban J connectivity index is 1.82. The highest BCUT2D eigenvalue weighted by atomic mass is 16.4. The van der Waals surface area contributed by atoms with Crippen LogP contribution in [0.3, 0.4) is 0 Å². The highest BCUT2D eigenvalue weighted by Gasteiger charge is 2.23. The van der Waals surface area contributed by atoms with Crippen molar-refractivity contribution >= 4 is 18.2 Å². The summed E-state index contributed by atoms with van der Waals surface area (Å²) in [5.74, 6) is 0.117. The van der Waals surface area contributed by atoms with Gasteiger partial charge >= 0.3 is 6.92 Å². The topological polar surface area (TPSA) is 42.1 Å². The van der Waals surface area contributed by atoms with Gasteiger partial charge in [0.2, 0.25) is 0 Å². The van der Waals surface area contributed by atoms with E-state index in [9.17, 15) is 4.79 Å². The van der Waals surface area contributed by atoms with Crippen LogP contribution < -0.4 is 5.46 Å². The van der Waals surface area contributed by atoms with E-state index >= 15 is 0 Å². The van der Waals surface area contributed by atoms with Crippen LogP contribution in [-0.4, -0.2) is 17.7 Å². The van der Waals surface area contributed by atoms with Crippen LogP contribution in [0.1, 0.15) is 21.6 Å². The van der Waals surface area contributed by atoms with Gasteiger partial charge in [0, 0.05) is 12.6 Å². The molecule has 0 bridgehead atoms. The maximum absolute atomic E-state index is 12.0. The lowest BCUT2D eigenvalue weighted by atomic mass is 9.64. The van der Waals surface area contributed by atoms with Gasteiger partial charge in [-0.1, -0.05) is 25.0 Å². The first-order chi connectivity index (χ1) is 8.74. The molecule has 3 rings (SSSR count). The largest absolute Gasteiger partial charge is 0.427 e. The SMILES string of the molecule is CB1OCc2ccc(CC(=O)c3ccc[nH]3)cc21. The van der Waals surface area contributed by atoms with E-state index in [-0.39, 0.29) is 12.7 Å². The number of carbonyl (C=O) groups is 1. The van der Waals surface area contributed by atoms with Crippen molar-refractivity contribution in [2.45, 2.75) is 19.9 Å². The Hall–Kier alpha value is -1.81. The highest BCUT2D eigenvalue weighted by molar-refractivity contribution is 6.67. The van der Waals surface area contributed by atoms with Crippen LogP contribution in [0.2, 0.25) is 6.82 Å². The Labute approximate surface area is 106 Å². The van der Waals surface area contributed by atoms with Gasteiger partial charge in [-0.25, -0.2) is 0 Å². The smallest absolute Gasteiger partial charge is 0.324 e. The Morgan fingerprint density at radius 1 is 1.44 bits per heavy atom. The number of aromatic nitrogens is 1. The van der Waals surface area contributed by atoms with Crippen molar-refractivity contribution in [3.05, 3.63) is 53.3 Å². The van der Waals surface area contributed by atoms with Crippen LogP contribution in [0.4, 0.5) is 0 Å². The molecular weight excluding hydrogens is 225 g/mol. The number of rotatable bonds is 3. The summed E-state index contributed by atoms with van der Waals surface area (Å²) in [6.45, 7) is 2.87. The first-order valence-corrected chi connectivity index (χ1v) is 6.14. The molecule has 1 aliphatic heterocycles. The van der Waals surface area contributed by atoms with Crippen LogP contribution >= 0.6 is 0 Å². The molecule has 1 aliphatic rings. The molecule has 0 aliphatic carbocycles. The van der Waals surface area contributed by atoms with Gasteiger partial charge in [-0.2, -0.15) is 0 Å². The van der Waals surface area contributed by atoms with Crippen molar-refractivity contribution in [2.24, 2.45) is 0 Å². The number of hydrogen-bond donors (Lipinski definition) is 1. The molecule has 1 N–H and O–H groups in total. The van der Waals surface area contributed by atoms with Gasteiger partial charge in [0.1, 0.15) is 0 Å². The number of nitrogens with one attached hydrogen (secondary N) is 1. The lowest BCUT2D eigenvalue weighted by molar-refractivity contribution is 0.0989. The van der Waals surface area contributed by atoms with E-state index in [1.54, 1.807) is 12.3 Å². The summed E-state index contributed by atoms with van der Waals surface area (Å²) in [5, 5.41) is 0. The van der Waals surface area contributed by atoms with Crippen LogP contribution in [0.5, 0.6) is 0 Å². The van der Waals surface area contributed by atoms with Crippen molar-refractivity contribution in [3.63, 3.8) is 0 Å². The minimum absolute atomic E-state index is 0.117. The zero-order chi connectivity index (χ0) is 12.5. The first kappa shape index (κ1) is 11.3. The summed E-state index contributed by atoms with van der Waals surface area (Å²) in [4.78, 5) is 14.9. The molecule has 0 saturated carbocycles. The van der Waals surface area contributed by atoms with Gasteiger partial charge in [-0.3, -0.25) is 4.79 Å². The van der Waals surface area contributed by atoms with Gasteiger partial charge in [-0.05, 0) is 28.7 Å². The zero-order valence-corrected chi connectivity index (χ0v) is 10.3. The van der Waals surface area contributed by atoms with E-state index in [2.05, 4.69) is 17.1 Å². The number of fused-ring (bicyclic) bond motifs is 1. The average molecular weight is 239 g/mol. The molecule has 0 atom stereocenters. The number of Topliss-reactive ketones (excluding diaryl/α,β-unsaturated/α-hetero) is 1. The maximum atomic E-state index is 12.0. The molecule has 2 aromatic rings. The molecule has 1 aromatic carbocycles. The lowest BCUT2D eigenvalue weighted by Crippen LogP contribution is -2.24. The maximum Gasteiger partial charge on any atom is 0.324 e. The number of carbonyl (C=O) groups excluding carboxylic acids is 1. The summed E-state index contributed by atoms with van der Waals surface area (Å²) >= 11 is 0. The fourth-order valence-electron chi connectivity index (χ4n) is 2.35. The number of aromatic amines is 1. The Kier molecular flexibility index (Phi) is 2.80. The second-order valence-corrected chi connectivity index (χ2v) is 4.67. The quantitative estimate of drug-likeness (QED) is 0.655. The summed E-state index contributed by atoms with van der Waals surface area (Å²) in [6.07, 6.45) is 2.20. The highest BCUT2D eigenvalue weighted by Crippen LogP contribution is 2.14. The molecular formula is C14H14BNO2. The van der Waals surface area contributed by atoms with Crippen LogP contribution in [0, 0.1) is 0 Å². The molecule has 0 spiro atoms. The molecule has 0 amide bonds. The van der Waals surface area contributed by atoms with E-state index in [1.165, 1.54) is 11.0 Å². The van der Waals surface area contributed by atoms with Crippen LogP contribution in [-0.2, 0) is 17.7 Å². The van der Waals surface area contributed by atoms with Gasteiger partial charge < -0.3 is 9.64 Å². The van der Waals surface area contributed by atoms with Gasteiger partial charge in [0.15, 0.2) is 5.78 Å². The fraction of sp³-hybridized carbons (Fsp3) is 0.214. The number of hydrogen-bond acceptors (Lipinski definition) is 2.